The van der Waals surface area contributed by atoms with Gasteiger partial charge in [-0.05, 0) is 30.4 Å². The van der Waals surface area contributed by atoms with Crippen LogP contribution in [0, 0.1) is 0 Å². The van der Waals surface area contributed by atoms with Crippen molar-refractivity contribution in [3.63, 3.8) is 0 Å². The average molecular weight is 250 g/mol. The molecule has 1 saturated carbocycles. The highest BCUT2D eigenvalue weighted by atomic mass is 16.5. The van der Waals surface area contributed by atoms with E-state index in [4.69, 9.17) is 4.74 Å². The Kier molecular flexibility index (Phi) is 2.33. The third-order valence-electron chi connectivity index (χ3n) is 4.85. The molecule has 2 aromatic carbocycles. The lowest BCUT2D eigenvalue weighted by molar-refractivity contribution is -0.161. The minimum Gasteiger partial charge on any atom is -0.373 e. The summed E-state index contributed by atoms with van der Waals surface area (Å²) >= 11 is 0. The van der Waals surface area contributed by atoms with Crippen LogP contribution in [0.15, 0.2) is 60.7 Å². The lowest BCUT2D eigenvalue weighted by Gasteiger charge is -2.51. The van der Waals surface area contributed by atoms with Crippen LogP contribution >= 0.6 is 0 Å². The van der Waals surface area contributed by atoms with E-state index < -0.39 is 0 Å². The molecule has 96 valence electrons. The molecule has 0 N–H and O–H groups in total. The van der Waals surface area contributed by atoms with E-state index in [1.165, 1.54) is 24.0 Å². The lowest BCUT2D eigenvalue weighted by Crippen LogP contribution is -2.59. The highest BCUT2D eigenvalue weighted by Crippen LogP contribution is 2.62. The van der Waals surface area contributed by atoms with Gasteiger partial charge in [-0.3, -0.25) is 0 Å². The maximum atomic E-state index is 5.97. The van der Waals surface area contributed by atoms with Crippen LogP contribution in [0.2, 0.25) is 0 Å². The van der Waals surface area contributed by atoms with Gasteiger partial charge < -0.3 is 4.74 Å². The molecule has 0 aromatic heterocycles. The number of rotatable bonds is 3. The summed E-state index contributed by atoms with van der Waals surface area (Å²) in [6, 6.07) is 21.8. The SMILES string of the molecule is c1ccc(CC2(c3ccccc3)COC23CC3)cc1. The van der Waals surface area contributed by atoms with Crippen molar-refractivity contribution in [3.8, 4) is 0 Å². The number of ether oxygens (including phenoxy) is 1. The standard InChI is InChI=1S/C18H18O/c1-3-7-15(8-4-1)13-17(14-19-18(17)11-12-18)16-9-5-2-6-10-16/h1-10H,11-14H2. The van der Waals surface area contributed by atoms with E-state index in [0.29, 0.717) is 0 Å². The first kappa shape index (κ1) is 11.2. The summed E-state index contributed by atoms with van der Waals surface area (Å²) < 4.78 is 5.97. The van der Waals surface area contributed by atoms with E-state index in [9.17, 15) is 0 Å². The van der Waals surface area contributed by atoms with E-state index in [0.717, 1.165) is 13.0 Å². The third-order valence-corrected chi connectivity index (χ3v) is 4.85. The van der Waals surface area contributed by atoms with Crippen LogP contribution in [0.25, 0.3) is 0 Å². The van der Waals surface area contributed by atoms with Crippen molar-refractivity contribution in [3.05, 3.63) is 71.8 Å². The van der Waals surface area contributed by atoms with Crippen LogP contribution < -0.4 is 0 Å². The van der Waals surface area contributed by atoms with Crippen molar-refractivity contribution < 1.29 is 4.74 Å². The Morgan fingerprint density at radius 1 is 0.842 bits per heavy atom. The Labute approximate surface area is 114 Å². The fraction of sp³-hybridized carbons (Fsp3) is 0.333. The van der Waals surface area contributed by atoms with Crippen LogP contribution in [-0.2, 0) is 16.6 Å². The predicted molar refractivity (Wildman–Crippen MR) is 76.2 cm³/mol. The number of hydrogen-bond acceptors (Lipinski definition) is 1. The summed E-state index contributed by atoms with van der Waals surface area (Å²) in [6.07, 6.45) is 3.53. The largest absolute Gasteiger partial charge is 0.373 e. The maximum Gasteiger partial charge on any atom is 0.0806 e. The molecule has 1 aliphatic heterocycles. The zero-order valence-electron chi connectivity index (χ0n) is 11.0. The van der Waals surface area contributed by atoms with Gasteiger partial charge in [-0.2, -0.15) is 0 Å². The summed E-state index contributed by atoms with van der Waals surface area (Å²) in [5.74, 6) is 0. The van der Waals surface area contributed by atoms with Crippen LogP contribution in [0.1, 0.15) is 24.0 Å². The van der Waals surface area contributed by atoms with E-state index >= 15 is 0 Å². The van der Waals surface area contributed by atoms with Crippen molar-refractivity contribution in [2.75, 3.05) is 6.61 Å². The molecular formula is C18H18O. The van der Waals surface area contributed by atoms with Crippen LogP contribution in [0.4, 0.5) is 0 Å². The summed E-state index contributed by atoms with van der Waals surface area (Å²) in [5.41, 5.74) is 3.21. The first-order chi connectivity index (χ1) is 9.35. The second kappa shape index (κ2) is 3.94. The summed E-state index contributed by atoms with van der Waals surface area (Å²) in [4.78, 5) is 0. The lowest BCUT2D eigenvalue weighted by atomic mass is 9.66. The minimum atomic E-state index is 0.143. The molecule has 2 aromatic rings. The molecule has 0 bridgehead atoms. The van der Waals surface area contributed by atoms with Crippen molar-refractivity contribution in [1.82, 2.24) is 0 Å². The fourth-order valence-electron chi connectivity index (χ4n) is 3.55. The quantitative estimate of drug-likeness (QED) is 0.806. The molecule has 1 heterocycles. The molecule has 2 aliphatic rings. The van der Waals surface area contributed by atoms with Gasteiger partial charge in [0.05, 0.1) is 17.6 Å². The molecule has 1 heteroatoms. The number of benzene rings is 2. The van der Waals surface area contributed by atoms with Gasteiger partial charge in [0, 0.05) is 0 Å². The predicted octanol–water partition coefficient (Wildman–Crippen LogP) is 3.73. The molecule has 1 saturated heterocycles. The monoisotopic (exact) mass is 250 g/mol. The normalized spacial score (nSPS) is 26.9. The van der Waals surface area contributed by atoms with Crippen molar-refractivity contribution in [2.45, 2.75) is 30.3 Å². The molecular weight excluding hydrogens is 232 g/mol. The van der Waals surface area contributed by atoms with Gasteiger partial charge in [-0.25, -0.2) is 0 Å². The van der Waals surface area contributed by atoms with Gasteiger partial charge in [0.2, 0.25) is 0 Å². The van der Waals surface area contributed by atoms with Gasteiger partial charge in [-0.1, -0.05) is 60.7 Å². The number of hydrogen-bond donors (Lipinski definition) is 0. The van der Waals surface area contributed by atoms with E-state index in [2.05, 4.69) is 60.7 Å². The average Bonchev–Trinajstić information content (AvgIpc) is 3.28. The van der Waals surface area contributed by atoms with Crippen LogP contribution in [0.5, 0.6) is 0 Å². The van der Waals surface area contributed by atoms with Crippen LogP contribution in [-0.4, -0.2) is 12.2 Å². The van der Waals surface area contributed by atoms with Gasteiger partial charge in [-0.15, -0.1) is 0 Å². The van der Waals surface area contributed by atoms with Crippen LogP contribution in [0.3, 0.4) is 0 Å². The van der Waals surface area contributed by atoms with Gasteiger partial charge in [0.25, 0.3) is 0 Å². The van der Waals surface area contributed by atoms with Gasteiger partial charge >= 0.3 is 0 Å². The molecule has 1 aliphatic carbocycles. The topological polar surface area (TPSA) is 9.23 Å². The van der Waals surface area contributed by atoms with Crippen molar-refractivity contribution in [2.24, 2.45) is 0 Å². The molecule has 1 unspecified atom stereocenters. The zero-order valence-corrected chi connectivity index (χ0v) is 11.0. The first-order valence-electron chi connectivity index (χ1n) is 7.08. The molecule has 4 rings (SSSR count). The molecule has 1 spiro atoms. The summed E-state index contributed by atoms with van der Waals surface area (Å²) in [5, 5.41) is 0. The second-order valence-corrected chi connectivity index (χ2v) is 5.89. The van der Waals surface area contributed by atoms with E-state index in [1.54, 1.807) is 0 Å². The van der Waals surface area contributed by atoms with E-state index in [1.807, 2.05) is 0 Å². The highest BCUT2D eigenvalue weighted by Gasteiger charge is 2.68. The molecule has 1 atom stereocenters. The van der Waals surface area contributed by atoms with Gasteiger partial charge in [0.15, 0.2) is 0 Å². The second-order valence-electron chi connectivity index (χ2n) is 5.89. The zero-order chi connectivity index (χ0) is 12.8. The summed E-state index contributed by atoms with van der Waals surface area (Å²) in [7, 11) is 0. The van der Waals surface area contributed by atoms with Crippen molar-refractivity contribution >= 4 is 0 Å². The van der Waals surface area contributed by atoms with E-state index in [-0.39, 0.29) is 11.0 Å². The Balaban J connectivity index is 1.74. The van der Waals surface area contributed by atoms with Crippen molar-refractivity contribution in [1.29, 1.82) is 0 Å². The first-order valence-corrected chi connectivity index (χ1v) is 7.08. The Hall–Kier alpha value is -1.60. The molecule has 19 heavy (non-hydrogen) atoms. The minimum absolute atomic E-state index is 0.143. The van der Waals surface area contributed by atoms with Gasteiger partial charge in [0.1, 0.15) is 0 Å². The Morgan fingerprint density at radius 2 is 1.47 bits per heavy atom. The smallest absolute Gasteiger partial charge is 0.0806 e. The third kappa shape index (κ3) is 1.58. The highest BCUT2D eigenvalue weighted by molar-refractivity contribution is 5.40. The Bertz CT molecular complexity index is 571. The molecule has 0 radical (unpaired) electrons. The molecule has 1 nitrogen and oxygen atoms in total. The maximum absolute atomic E-state index is 5.97. The Morgan fingerprint density at radius 3 is 2.00 bits per heavy atom. The molecule has 0 amide bonds. The fourth-order valence-corrected chi connectivity index (χ4v) is 3.55. The summed E-state index contributed by atoms with van der Waals surface area (Å²) in [6.45, 7) is 0.867. The molecule has 2 fully saturated rings.